The molecule has 1 aromatic carbocycles. The van der Waals surface area contributed by atoms with Crippen LogP contribution in [0.25, 0.3) is 0 Å². The van der Waals surface area contributed by atoms with Crippen molar-refractivity contribution in [3.8, 4) is 0 Å². The van der Waals surface area contributed by atoms with Crippen LogP contribution >= 0.6 is 11.3 Å². The lowest BCUT2D eigenvalue weighted by Crippen LogP contribution is -2.12. The highest BCUT2D eigenvalue weighted by atomic mass is 32.1. The second-order valence-electron chi connectivity index (χ2n) is 6.08. The average Bonchev–Trinajstić information content (AvgIpc) is 2.68. The third kappa shape index (κ3) is 2.55. The third-order valence-corrected chi connectivity index (χ3v) is 5.70. The van der Waals surface area contributed by atoms with Crippen LogP contribution < -0.4 is 5.32 Å². The first-order chi connectivity index (χ1) is 11.6. The van der Waals surface area contributed by atoms with E-state index in [4.69, 9.17) is 0 Å². The summed E-state index contributed by atoms with van der Waals surface area (Å²) in [4.78, 5) is 17.5. The van der Waals surface area contributed by atoms with Crippen LogP contribution in [0.15, 0.2) is 23.2 Å². The molecule has 4 rings (SSSR count). The highest BCUT2D eigenvalue weighted by Crippen LogP contribution is 2.40. The van der Waals surface area contributed by atoms with Crippen LogP contribution in [0.4, 0.5) is 13.8 Å². The Morgan fingerprint density at radius 2 is 1.79 bits per heavy atom. The zero-order chi connectivity index (χ0) is 16.7. The molecule has 0 radical (unpaired) electrons. The van der Waals surface area contributed by atoms with Crippen molar-refractivity contribution < 1.29 is 13.6 Å². The first-order valence-corrected chi connectivity index (χ1v) is 8.90. The summed E-state index contributed by atoms with van der Waals surface area (Å²) < 4.78 is 28.7. The predicted octanol–water partition coefficient (Wildman–Crippen LogP) is 4.08. The van der Waals surface area contributed by atoms with E-state index in [1.165, 1.54) is 34.4 Å². The van der Waals surface area contributed by atoms with Crippen LogP contribution in [0.2, 0.25) is 0 Å². The van der Waals surface area contributed by atoms with Crippen LogP contribution in [0.1, 0.15) is 40.8 Å². The minimum Gasteiger partial charge on any atom is -0.316 e. The van der Waals surface area contributed by atoms with Crippen LogP contribution in [0, 0.1) is 11.6 Å². The molecule has 1 aromatic heterocycles. The van der Waals surface area contributed by atoms with Crippen LogP contribution in [0.3, 0.4) is 0 Å². The number of nitrogens with one attached hydrogen (secondary N) is 1. The summed E-state index contributed by atoms with van der Waals surface area (Å²) in [5.74, 6) is -1.55. The van der Waals surface area contributed by atoms with Gasteiger partial charge in [0.05, 0.1) is 11.3 Å². The van der Waals surface area contributed by atoms with Crippen molar-refractivity contribution >= 4 is 28.0 Å². The van der Waals surface area contributed by atoms with Crippen molar-refractivity contribution in [1.29, 1.82) is 0 Å². The minimum atomic E-state index is -0.650. The van der Waals surface area contributed by atoms with Crippen LogP contribution in [0.5, 0.6) is 0 Å². The summed E-state index contributed by atoms with van der Waals surface area (Å²) in [5, 5.41) is 3.53. The molecule has 3 nitrogen and oxygen atoms in total. The molecule has 0 atom stereocenters. The highest BCUT2D eigenvalue weighted by Gasteiger charge is 2.29. The van der Waals surface area contributed by atoms with Gasteiger partial charge in [0.2, 0.25) is 5.91 Å². The molecule has 2 heterocycles. The average molecular weight is 346 g/mol. The second kappa shape index (κ2) is 6.09. The Hall–Kier alpha value is -2.08. The summed E-state index contributed by atoms with van der Waals surface area (Å²) in [6.45, 7) is -0.126. The lowest BCUT2D eigenvalue weighted by atomic mass is 9.96. The number of fused-ring (bicyclic) bond motifs is 3. The molecule has 124 valence electrons. The maximum Gasteiger partial charge on any atom is 0.246 e. The molecule has 1 amide bonds. The van der Waals surface area contributed by atoms with Gasteiger partial charge in [0, 0.05) is 10.4 Å². The Balaban J connectivity index is 1.96. The molecule has 0 unspecified atom stereocenters. The fourth-order valence-electron chi connectivity index (χ4n) is 3.41. The van der Waals surface area contributed by atoms with E-state index in [9.17, 15) is 13.6 Å². The normalized spacial score (nSPS) is 17.2. The fraction of sp³-hybridized carbons (Fsp3) is 0.333. The molecule has 0 bridgehead atoms. The van der Waals surface area contributed by atoms with Crippen molar-refractivity contribution in [2.75, 3.05) is 11.9 Å². The molecular formula is C18H16F2N2OS. The number of aliphatic imine (C=N–C) groups is 1. The molecule has 1 N–H and O–H groups in total. The molecule has 24 heavy (non-hydrogen) atoms. The first-order valence-electron chi connectivity index (χ1n) is 8.08. The van der Waals surface area contributed by atoms with Crippen LogP contribution in [-0.2, 0) is 17.6 Å². The molecule has 6 heteroatoms. The standard InChI is InChI=1S/C18H16F2N2OS/c19-11-6-4-7-12(20)16(11)17-15-10-5-2-1-3-8-13(10)24-18(15)22-14(23)9-21-17/h4,6-7H,1-3,5,8-9H2,(H,22,23). The van der Waals surface area contributed by atoms with Gasteiger partial charge >= 0.3 is 0 Å². The summed E-state index contributed by atoms with van der Waals surface area (Å²) >= 11 is 1.52. The van der Waals surface area contributed by atoms with E-state index in [0.29, 0.717) is 10.6 Å². The Kier molecular flexibility index (Phi) is 3.92. The molecule has 0 fully saturated rings. The van der Waals surface area contributed by atoms with Gasteiger partial charge in [0.25, 0.3) is 0 Å². The van der Waals surface area contributed by atoms with E-state index >= 15 is 0 Å². The monoisotopic (exact) mass is 346 g/mol. The lowest BCUT2D eigenvalue weighted by molar-refractivity contribution is -0.114. The highest BCUT2D eigenvalue weighted by molar-refractivity contribution is 7.17. The minimum absolute atomic E-state index is 0.126. The number of hydrogen-bond acceptors (Lipinski definition) is 3. The van der Waals surface area contributed by atoms with Gasteiger partial charge in [-0.3, -0.25) is 9.79 Å². The van der Waals surface area contributed by atoms with E-state index in [-0.39, 0.29) is 23.7 Å². The number of rotatable bonds is 1. The second-order valence-corrected chi connectivity index (χ2v) is 7.18. The van der Waals surface area contributed by atoms with Gasteiger partial charge in [0.1, 0.15) is 23.2 Å². The number of carbonyl (C=O) groups excluding carboxylic acids is 1. The number of thiophene rings is 1. The summed E-state index contributed by atoms with van der Waals surface area (Å²) in [6.07, 6.45) is 5.07. The number of amides is 1. The predicted molar refractivity (Wildman–Crippen MR) is 91.1 cm³/mol. The largest absolute Gasteiger partial charge is 0.316 e. The zero-order valence-corrected chi connectivity index (χ0v) is 13.8. The maximum atomic E-state index is 14.4. The molecule has 0 spiro atoms. The Bertz CT molecular complexity index is 837. The molecule has 1 aliphatic carbocycles. The van der Waals surface area contributed by atoms with Crippen molar-refractivity contribution in [2.24, 2.45) is 4.99 Å². The smallest absolute Gasteiger partial charge is 0.246 e. The van der Waals surface area contributed by atoms with Gasteiger partial charge in [-0.25, -0.2) is 8.78 Å². The van der Waals surface area contributed by atoms with E-state index in [2.05, 4.69) is 10.3 Å². The Morgan fingerprint density at radius 3 is 2.58 bits per heavy atom. The van der Waals surface area contributed by atoms with Crippen LogP contribution in [-0.4, -0.2) is 18.2 Å². The number of aryl methyl sites for hydroxylation is 1. The Morgan fingerprint density at radius 1 is 1.04 bits per heavy atom. The zero-order valence-electron chi connectivity index (χ0n) is 13.0. The number of anilines is 1. The van der Waals surface area contributed by atoms with Crippen molar-refractivity contribution in [3.63, 3.8) is 0 Å². The molecule has 0 saturated heterocycles. The van der Waals surface area contributed by atoms with E-state index < -0.39 is 11.6 Å². The molecule has 1 aliphatic heterocycles. The lowest BCUT2D eigenvalue weighted by Gasteiger charge is -2.11. The number of nitrogens with zero attached hydrogens (tertiary/aromatic N) is 1. The van der Waals surface area contributed by atoms with Crippen molar-refractivity contribution in [3.05, 3.63) is 51.4 Å². The van der Waals surface area contributed by atoms with Gasteiger partial charge < -0.3 is 5.32 Å². The van der Waals surface area contributed by atoms with Gasteiger partial charge in [-0.2, -0.15) is 0 Å². The van der Waals surface area contributed by atoms with Gasteiger partial charge in [0.15, 0.2) is 0 Å². The van der Waals surface area contributed by atoms with E-state index in [1.807, 2.05) is 0 Å². The number of hydrogen-bond donors (Lipinski definition) is 1. The molecule has 2 aliphatic rings. The number of benzene rings is 1. The summed E-state index contributed by atoms with van der Waals surface area (Å²) in [5.41, 5.74) is 1.93. The molecular weight excluding hydrogens is 330 g/mol. The maximum absolute atomic E-state index is 14.4. The molecule has 0 saturated carbocycles. The van der Waals surface area contributed by atoms with Crippen molar-refractivity contribution in [1.82, 2.24) is 0 Å². The molecule has 2 aromatic rings. The van der Waals surface area contributed by atoms with Gasteiger partial charge in [-0.05, 0) is 43.4 Å². The number of carbonyl (C=O) groups is 1. The SMILES string of the molecule is O=C1CN=C(c2c(F)cccc2F)c2c(sc3c2CCCCC3)N1. The van der Waals surface area contributed by atoms with E-state index in [1.54, 1.807) is 0 Å². The summed E-state index contributed by atoms with van der Waals surface area (Å²) in [6, 6.07) is 3.79. The summed E-state index contributed by atoms with van der Waals surface area (Å²) in [7, 11) is 0. The third-order valence-electron chi connectivity index (χ3n) is 4.49. The topological polar surface area (TPSA) is 41.5 Å². The quantitative estimate of drug-likeness (QED) is 0.777. The Labute approximate surface area is 142 Å². The van der Waals surface area contributed by atoms with Gasteiger partial charge in [-0.15, -0.1) is 11.3 Å². The number of halogens is 2. The van der Waals surface area contributed by atoms with Gasteiger partial charge in [-0.1, -0.05) is 12.5 Å². The van der Waals surface area contributed by atoms with Crippen molar-refractivity contribution in [2.45, 2.75) is 32.1 Å². The van der Waals surface area contributed by atoms with E-state index in [0.717, 1.165) is 37.7 Å². The first kappa shape index (κ1) is 15.4. The fourth-order valence-corrected chi connectivity index (χ4v) is 4.71.